The summed E-state index contributed by atoms with van der Waals surface area (Å²) in [6.07, 6.45) is 0. The number of hydrogen-bond acceptors (Lipinski definition) is 3. The van der Waals surface area contributed by atoms with Crippen LogP contribution in [0.3, 0.4) is 0 Å². The van der Waals surface area contributed by atoms with Gasteiger partial charge in [-0.25, -0.2) is 0 Å². The van der Waals surface area contributed by atoms with Crippen LogP contribution in [-0.2, 0) is 14.4 Å². The van der Waals surface area contributed by atoms with Gasteiger partial charge in [-0.2, -0.15) is 0 Å². The maximum absolute atomic E-state index is 11.5. The molecule has 0 aromatic rings. The average Bonchev–Trinajstić information content (AvgIpc) is 2.11. The molecule has 1 fully saturated rings. The summed E-state index contributed by atoms with van der Waals surface area (Å²) >= 11 is 0. The second-order valence-electron chi connectivity index (χ2n) is 3.21. The van der Waals surface area contributed by atoms with Crippen molar-refractivity contribution in [1.82, 2.24) is 9.80 Å². The van der Waals surface area contributed by atoms with Crippen LogP contribution in [0.4, 0.5) is 0 Å². The first-order chi connectivity index (χ1) is 6.37. The summed E-state index contributed by atoms with van der Waals surface area (Å²) in [6.45, 7) is 6.22. The monoisotopic (exact) mass is 196 g/mol. The molecule has 0 aromatic carbocycles. The van der Waals surface area contributed by atoms with E-state index in [1.54, 1.807) is 0 Å². The fourth-order valence-electron chi connectivity index (χ4n) is 1.40. The lowest BCUT2D eigenvalue weighted by Gasteiger charge is -2.36. The van der Waals surface area contributed by atoms with Crippen LogP contribution >= 0.6 is 0 Å². The summed E-state index contributed by atoms with van der Waals surface area (Å²) in [5, 5.41) is 0. The molecular formula is C9H12N2O3. The molecule has 0 N–H and O–H groups in total. The average molecular weight is 196 g/mol. The molecule has 14 heavy (non-hydrogen) atoms. The number of piperazine rings is 1. The Morgan fingerprint density at radius 2 is 1.93 bits per heavy atom. The lowest BCUT2D eigenvalue weighted by molar-refractivity contribution is -0.156. The molecule has 1 saturated heterocycles. The number of hydrogen-bond donors (Lipinski definition) is 0. The van der Waals surface area contributed by atoms with E-state index in [0.717, 1.165) is 4.90 Å². The predicted molar refractivity (Wildman–Crippen MR) is 48.9 cm³/mol. The number of carbonyl (C=O) groups is 3. The minimum Gasteiger partial charge on any atom is -0.309 e. The molecule has 0 unspecified atom stereocenters. The van der Waals surface area contributed by atoms with Gasteiger partial charge in [-0.1, -0.05) is 6.58 Å². The van der Waals surface area contributed by atoms with Crippen LogP contribution in [0.15, 0.2) is 12.3 Å². The van der Waals surface area contributed by atoms with E-state index in [4.69, 9.17) is 0 Å². The van der Waals surface area contributed by atoms with Crippen molar-refractivity contribution in [2.45, 2.75) is 19.9 Å². The largest absolute Gasteiger partial charge is 0.309 e. The van der Waals surface area contributed by atoms with Crippen molar-refractivity contribution in [2.24, 2.45) is 0 Å². The van der Waals surface area contributed by atoms with Crippen molar-refractivity contribution in [2.75, 3.05) is 7.05 Å². The van der Waals surface area contributed by atoms with Gasteiger partial charge in [0, 0.05) is 14.0 Å². The molecule has 3 amide bonds. The molecule has 1 rings (SSSR count). The van der Waals surface area contributed by atoms with E-state index in [1.165, 1.54) is 25.8 Å². The summed E-state index contributed by atoms with van der Waals surface area (Å²) in [6, 6.07) is -0.740. The minimum atomic E-state index is -0.740. The summed E-state index contributed by atoms with van der Waals surface area (Å²) < 4.78 is 0. The number of amides is 3. The zero-order valence-corrected chi connectivity index (χ0v) is 8.40. The summed E-state index contributed by atoms with van der Waals surface area (Å²) in [4.78, 5) is 36.3. The zero-order chi connectivity index (χ0) is 11.0. The van der Waals surface area contributed by atoms with E-state index in [0.29, 0.717) is 0 Å². The molecule has 76 valence electrons. The highest BCUT2D eigenvalue weighted by molar-refractivity contribution is 6.11. The summed E-state index contributed by atoms with van der Waals surface area (Å²) in [7, 11) is 1.47. The van der Waals surface area contributed by atoms with Gasteiger partial charge in [0.05, 0.1) is 0 Å². The van der Waals surface area contributed by atoms with E-state index >= 15 is 0 Å². The summed E-state index contributed by atoms with van der Waals surface area (Å²) in [5.74, 6) is -1.25. The first kappa shape index (κ1) is 10.4. The van der Waals surface area contributed by atoms with Crippen LogP contribution in [0.2, 0.25) is 0 Å². The third-order valence-electron chi connectivity index (χ3n) is 2.29. The van der Waals surface area contributed by atoms with Crippen LogP contribution in [0, 0.1) is 0 Å². The van der Waals surface area contributed by atoms with Gasteiger partial charge in [0.15, 0.2) is 0 Å². The highest BCUT2D eigenvalue weighted by atomic mass is 16.2. The molecule has 0 saturated carbocycles. The molecule has 1 aliphatic heterocycles. The fourth-order valence-corrected chi connectivity index (χ4v) is 1.40. The Labute approximate surface area is 82.0 Å². The van der Waals surface area contributed by atoms with E-state index in [2.05, 4.69) is 6.58 Å². The number of rotatable bonds is 0. The molecule has 1 heterocycles. The Morgan fingerprint density at radius 3 is 2.36 bits per heavy atom. The van der Waals surface area contributed by atoms with E-state index in [-0.39, 0.29) is 11.6 Å². The molecule has 1 aliphatic rings. The van der Waals surface area contributed by atoms with Crippen molar-refractivity contribution < 1.29 is 14.4 Å². The first-order valence-corrected chi connectivity index (χ1v) is 4.18. The topological polar surface area (TPSA) is 57.7 Å². The van der Waals surface area contributed by atoms with Gasteiger partial charge in [0.25, 0.3) is 5.91 Å². The number of carbonyl (C=O) groups excluding carboxylic acids is 3. The Morgan fingerprint density at radius 1 is 1.43 bits per heavy atom. The number of nitrogens with zero attached hydrogens (tertiary/aromatic N) is 2. The smallest absolute Gasteiger partial charge is 0.277 e. The van der Waals surface area contributed by atoms with Gasteiger partial charge in [0.2, 0.25) is 11.8 Å². The van der Waals surface area contributed by atoms with Crippen molar-refractivity contribution in [3.05, 3.63) is 12.3 Å². The zero-order valence-electron chi connectivity index (χ0n) is 8.40. The van der Waals surface area contributed by atoms with Crippen molar-refractivity contribution in [3.8, 4) is 0 Å². The Hall–Kier alpha value is -1.65. The first-order valence-electron chi connectivity index (χ1n) is 4.18. The Bertz CT molecular complexity index is 335. The molecule has 0 aromatic heterocycles. The Kier molecular flexibility index (Phi) is 2.42. The molecule has 0 radical (unpaired) electrons. The van der Waals surface area contributed by atoms with Gasteiger partial charge in [0.1, 0.15) is 11.7 Å². The predicted octanol–water partition coefficient (Wildman–Crippen LogP) is -0.264. The molecule has 1 atom stereocenters. The van der Waals surface area contributed by atoms with Crippen LogP contribution in [0.25, 0.3) is 0 Å². The van der Waals surface area contributed by atoms with Crippen molar-refractivity contribution in [3.63, 3.8) is 0 Å². The van der Waals surface area contributed by atoms with E-state index < -0.39 is 17.9 Å². The van der Waals surface area contributed by atoms with E-state index in [1.807, 2.05) is 0 Å². The summed E-state index contributed by atoms with van der Waals surface area (Å²) in [5.41, 5.74) is 0.0308. The van der Waals surface area contributed by atoms with Crippen LogP contribution in [-0.4, -0.2) is 40.6 Å². The third kappa shape index (κ3) is 1.30. The SMILES string of the molecule is C=C1C(=O)N(C(C)=O)[C@@H](C)C(=O)N1C. The van der Waals surface area contributed by atoms with Gasteiger partial charge in [-0.15, -0.1) is 0 Å². The molecule has 0 spiro atoms. The number of likely N-dealkylation sites (N-methyl/N-ethyl adjacent to an activating group) is 1. The van der Waals surface area contributed by atoms with Gasteiger partial charge in [-0.3, -0.25) is 19.3 Å². The van der Waals surface area contributed by atoms with Crippen molar-refractivity contribution >= 4 is 17.7 Å². The maximum atomic E-state index is 11.5. The standard InChI is InChI=1S/C9H12N2O3/c1-5-9(14)11(7(3)12)6(2)8(13)10(5)4/h6H,1H2,2-4H3/t6-/m0/s1. The van der Waals surface area contributed by atoms with Gasteiger partial charge < -0.3 is 4.90 Å². The molecule has 5 heteroatoms. The van der Waals surface area contributed by atoms with Crippen LogP contribution in [0.5, 0.6) is 0 Å². The fraction of sp³-hybridized carbons (Fsp3) is 0.444. The van der Waals surface area contributed by atoms with E-state index in [9.17, 15) is 14.4 Å². The second kappa shape index (κ2) is 3.25. The van der Waals surface area contributed by atoms with Crippen molar-refractivity contribution in [1.29, 1.82) is 0 Å². The van der Waals surface area contributed by atoms with Crippen LogP contribution in [0.1, 0.15) is 13.8 Å². The normalized spacial score (nSPS) is 23.1. The molecular weight excluding hydrogens is 184 g/mol. The number of imide groups is 1. The quantitative estimate of drug-likeness (QED) is 0.501. The second-order valence-corrected chi connectivity index (χ2v) is 3.21. The van der Waals surface area contributed by atoms with Gasteiger partial charge >= 0.3 is 0 Å². The third-order valence-corrected chi connectivity index (χ3v) is 2.29. The minimum absolute atomic E-state index is 0.0308. The lowest BCUT2D eigenvalue weighted by atomic mass is 10.1. The highest BCUT2D eigenvalue weighted by Crippen LogP contribution is 2.17. The molecule has 0 aliphatic carbocycles. The Balaban J connectivity index is 3.10. The van der Waals surface area contributed by atoms with Crippen LogP contribution < -0.4 is 0 Å². The molecule has 5 nitrogen and oxygen atoms in total. The highest BCUT2D eigenvalue weighted by Gasteiger charge is 2.39. The maximum Gasteiger partial charge on any atom is 0.277 e. The van der Waals surface area contributed by atoms with Gasteiger partial charge in [-0.05, 0) is 6.92 Å². The lowest BCUT2D eigenvalue weighted by Crippen LogP contribution is -2.57. The molecule has 0 bridgehead atoms.